The molecule has 1 atom stereocenters. The average molecular weight is 245 g/mol. The van der Waals surface area contributed by atoms with Crippen LogP contribution >= 0.6 is 23.2 Å². The van der Waals surface area contributed by atoms with Crippen molar-refractivity contribution < 1.29 is 4.79 Å². The molecule has 0 fully saturated rings. The minimum Gasteiger partial charge on any atom is -0.300 e. The molecule has 0 saturated heterocycles. The summed E-state index contributed by atoms with van der Waals surface area (Å²) in [6.45, 7) is 1.62. The molecule has 0 saturated carbocycles. The van der Waals surface area contributed by atoms with Gasteiger partial charge in [-0.3, -0.25) is 4.79 Å². The number of Topliss-reactive ketones (excluding diaryl/α,β-unsaturated/α-hetero) is 1. The van der Waals surface area contributed by atoms with Crippen LogP contribution in [0.15, 0.2) is 24.3 Å². The molecule has 0 spiro atoms. The van der Waals surface area contributed by atoms with Crippen LogP contribution in [0.5, 0.6) is 0 Å². The van der Waals surface area contributed by atoms with Crippen molar-refractivity contribution in [3.05, 3.63) is 34.9 Å². The van der Waals surface area contributed by atoms with Crippen LogP contribution in [0.2, 0.25) is 5.02 Å². The lowest BCUT2D eigenvalue weighted by Gasteiger charge is -2.11. The van der Waals surface area contributed by atoms with E-state index in [1.807, 2.05) is 24.3 Å². The maximum absolute atomic E-state index is 11.3. The predicted molar refractivity (Wildman–Crippen MR) is 64.7 cm³/mol. The van der Waals surface area contributed by atoms with Gasteiger partial charge in [-0.2, -0.15) is 0 Å². The standard InChI is InChI=1S/C12H14Cl2O/c1-9(15)11(6-7-13)8-10-2-4-12(14)5-3-10/h2-5,11H,6-8H2,1H3. The molecular formula is C12H14Cl2O. The van der Waals surface area contributed by atoms with Crippen LogP contribution in [-0.4, -0.2) is 11.7 Å². The molecular weight excluding hydrogens is 231 g/mol. The van der Waals surface area contributed by atoms with E-state index >= 15 is 0 Å². The molecule has 1 aromatic carbocycles. The van der Waals surface area contributed by atoms with Gasteiger partial charge in [0.1, 0.15) is 5.78 Å². The second kappa shape index (κ2) is 6.14. The molecule has 0 radical (unpaired) electrons. The quantitative estimate of drug-likeness (QED) is 0.722. The van der Waals surface area contributed by atoms with Gasteiger partial charge in [0.2, 0.25) is 0 Å². The molecule has 0 aliphatic rings. The Morgan fingerprint density at radius 2 is 1.93 bits per heavy atom. The molecule has 3 heteroatoms. The zero-order chi connectivity index (χ0) is 11.3. The highest BCUT2D eigenvalue weighted by Gasteiger charge is 2.13. The monoisotopic (exact) mass is 244 g/mol. The second-order valence-electron chi connectivity index (χ2n) is 3.62. The van der Waals surface area contributed by atoms with E-state index in [-0.39, 0.29) is 11.7 Å². The minimum atomic E-state index is 0.0312. The van der Waals surface area contributed by atoms with Crippen LogP contribution in [0.3, 0.4) is 0 Å². The van der Waals surface area contributed by atoms with Crippen molar-refractivity contribution in [2.75, 3.05) is 5.88 Å². The Labute approximate surface area is 100 Å². The number of benzene rings is 1. The fraction of sp³-hybridized carbons (Fsp3) is 0.417. The Morgan fingerprint density at radius 1 is 1.33 bits per heavy atom. The summed E-state index contributed by atoms with van der Waals surface area (Å²) >= 11 is 11.4. The Bertz CT molecular complexity index is 319. The number of alkyl halides is 1. The summed E-state index contributed by atoms with van der Waals surface area (Å²) in [5.41, 5.74) is 1.13. The Morgan fingerprint density at radius 3 is 2.40 bits per heavy atom. The molecule has 0 amide bonds. The second-order valence-corrected chi connectivity index (χ2v) is 4.43. The number of rotatable bonds is 5. The molecule has 82 valence electrons. The summed E-state index contributed by atoms with van der Waals surface area (Å²) in [5, 5.41) is 0.718. The lowest BCUT2D eigenvalue weighted by molar-refractivity contribution is -0.120. The maximum Gasteiger partial charge on any atom is 0.133 e. The van der Waals surface area contributed by atoms with Gasteiger partial charge in [0.25, 0.3) is 0 Å². The highest BCUT2D eigenvalue weighted by molar-refractivity contribution is 6.30. The lowest BCUT2D eigenvalue weighted by atomic mass is 9.94. The van der Waals surface area contributed by atoms with Crippen LogP contribution in [0.25, 0.3) is 0 Å². The third kappa shape index (κ3) is 4.23. The molecule has 0 aliphatic carbocycles. The highest BCUT2D eigenvalue weighted by atomic mass is 35.5. The number of hydrogen-bond donors (Lipinski definition) is 0. The first-order valence-corrected chi connectivity index (χ1v) is 5.85. The Kier molecular flexibility index (Phi) is 5.13. The van der Waals surface area contributed by atoms with E-state index in [1.54, 1.807) is 6.92 Å². The van der Waals surface area contributed by atoms with E-state index in [4.69, 9.17) is 23.2 Å². The SMILES string of the molecule is CC(=O)C(CCCl)Cc1ccc(Cl)cc1. The van der Waals surface area contributed by atoms with Crippen molar-refractivity contribution >= 4 is 29.0 Å². The average Bonchev–Trinajstić information content (AvgIpc) is 2.20. The van der Waals surface area contributed by atoms with E-state index in [1.165, 1.54) is 0 Å². The largest absolute Gasteiger partial charge is 0.300 e. The number of carbonyl (C=O) groups is 1. The summed E-state index contributed by atoms with van der Waals surface area (Å²) < 4.78 is 0. The van der Waals surface area contributed by atoms with Crippen molar-refractivity contribution in [3.63, 3.8) is 0 Å². The Hall–Kier alpha value is -0.530. The zero-order valence-electron chi connectivity index (χ0n) is 8.67. The minimum absolute atomic E-state index is 0.0312. The number of ketones is 1. The van der Waals surface area contributed by atoms with Crippen molar-refractivity contribution in [2.45, 2.75) is 19.8 Å². The van der Waals surface area contributed by atoms with Gasteiger partial charge < -0.3 is 0 Å². The molecule has 0 aliphatic heterocycles. The van der Waals surface area contributed by atoms with Gasteiger partial charge in [-0.05, 0) is 37.5 Å². The van der Waals surface area contributed by atoms with Crippen LogP contribution in [0, 0.1) is 5.92 Å². The number of carbonyl (C=O) groups excluding carboxylic acids is 1. The van der Waals surface area contributed by atoms with Gasteiger partial charge in [0.15, 0.2) is 0 Å². The smallest absolute Gasteiger partial charge is 0.133 e. The van der Waals surface area contributed by atoms with E-state index < -0.39 is 0 Å². The predicted octanol–water partition coefficient (Wildman–Crippen LogP) is 3.72. The van der Waals surface area contributed by atoms with Crippen LogP contribution < -0.4 is 0 Å². The van der Waals surface area contributed by atoms with Gasteiger partial charge in [-0.1, -0.05) is 23.7 Å². The fourth-order valence-electron chi connectivity index (χ4n) is 1.49. The molecule has 0 N–H and O–H groups in total. The van der Waals surface area contributed by atoms with Crippen molar-refractivity contribution in [2.24, 2.45) is 5.92 Å². The van der Waals surface area contributed by atoms with E-state index in [0.717, 1.165) is 23.4 Å². The van der Waals surface area contributed by atoms with Crippen LogP contribution in [-0.2, 0) is 11.2 Å². The summed E-state index contributed by atoms with van der Waals surface area (Å²) in [5.74, 6) is 0.756. The van der Waals surface area contributed by atoms with Gasteiger partial charge >= 0.3 is 0 Å². The first kappa shape index (κ1) is 12.5. The van der Waals surface area contributed by atoms with Crippen molar-refractivity contribution in [1.82, 2.24) is 0 Å². The van der Waals surface area contributed by atoms with Gasteiger partial charge in [0, 0.05) is 16.8 Å². The molecule has 1 rings (SSSR count). The normalized spacial score (nSPS) is 12.5. The molecule has 1 aromatic rings. The lowest BCUT2D eigenvalue weighted by Crippen LogP contribution is -2.14. The van der Waals surface area contributed by atoms with E-state index in [0.29, 0.717) is 5.88 Å². The molecule has 15 heavy (non-hydrogen) atoms. The van der Waals surface area contributed by atoms with E-state index in [2.05, 4.69) is 0 Å². The third-order valence-electron chi connectivity index (χ3n) is 2.43. The summed E-state index contributed by atoms with van der Waals surface area (Å²) in [4.78, 5) is 11.3. The maximum atomic E-state index is 11.3. The molecule has 1 nitrogen and oxygen atoms in total. The summed E-state index contributed by atoms with van der Waals surface area (Å²) in [6.07, 6.45) is 1.48. The molecule has 0 aromatic heterocycles. The van der Waals surface area contributed by atoms with Crippen LogP contribution in [0.1, 0.15) is 18.9 Å². The number of halogens is 2. The number of hydrogen-bond acceptors (Lipinski definition) is 1. The summed E-state index contributed by atoms with van der Waals surface area (Å²) in [6, 6.07) is 7.59. The Balaban J connectivity index is 2.65. The first-order chi connectivity index (χ1) is 7.13. The van der Waals surface area contributed by atoms with Gasteiger partial charge in [0.05, 0.1) is 0 Å². The van der Waals surface area contributed by atoms with Crippen molar-refractivity contribution in [3.8, 4) is 0 Å². The zero-order valence-corrected chi connectivity index (χ0v) is 10.2. The fourth-order valence-corrected chi connectivity index (χ4v) is 1.88. The van der Waals surface area contributed by atoms with Gasteiger partial charge in [-0.25, -0.2) is 0 Å². The van der Waals surface area contributed by atoms with Crippen molar-refractivity contribution in [1.29, 1.82) is 0 Å². The summed E-state index contributed by atoms with van der Waals surface area (Å²) in [7, 11) is 0. The van der Waals surface area contributed by atoms with E-state index in [9.17, 15) is 4.79 Å². The highest BCUT2D eigenvalue weighted by Crippen LogP contribution is 2.16. The molecule has 0 heterocycles. The van der Waals surface area contributed by atoms with Gasteiger partial charge in [-0.15, -0.1) is 11.6 Å². The third-order valence-corrected chi connectivity index (χ3v) is 2.90. The van der Waals surface area contributed by atoms with Crippen LogP contribution in [0.4, 0.5) is 0 Å². The topological polar surface area (TPSA) is 17.1 Å². The molecule has 0 bridgehead atoms. The molecule has 1 unspecified atom stereocenters. The first-order valence-electron chi connectivity index (χ1n) is 4.94.